The number of aliphatic carboxylic acids is 1. The Morgan fingerprint density at radius 1 is 0.935 bits per heavy atom. The largest absolute Gasteiger partial charge is 0.480 e. The topological polar surface area (TPSA) is 95.9 Å². The first-order valence-corrected chi connectivity index (χ1v) is 9.88. The van der Waals surface area contributed by atoms with E-state index >= 15 is 0 Å². The monoisotopic (exact) mass is 420 g/mol. The van der Waals surface area contributed by atoms with Crippen molar-refractivity contribution >= 4 is 34.4 Å². The minimum Gasteiger partial charge on any atom is -0.480 e. The van der Waals surface area contributed by atoms with Crippen molar-refractivity contribution in [3.63, 3.8) is 0 Å². The number of carboxylic acid groups (broad SMARTS) is 1. The van der Waals surface area contributed by atoms with Crippen LogP contribution in [0.2, 0.25) is 0 Å². The Bertz CT molecular complexity index is 1080. The van der Waals surface area contributed by atoms with E-state index in [9.17, 15) is 19.5 Å². The van der Waals surface area contributed by atoms with Gasteiger partial charge in [0.1, 0.15) is 18.7 Å². The maximum absolute atomic E-state index is 13.1. The van der Waals surface area contributed by atoms with Crippen LogP contribution < -0.4 is 10.2 Å². The van der Waals surface area contributed by atoms with Crippen LogP contribution in [-0.4, -0.2) is 35.2 Å². The SMILES string of the molecule is C[C@H](C(=O)O)N(C(=O)[C@@H](C)NC(=O)OCc1ccccc1)c1ccc2ccccc2c1. The quantitative estimate of drug-likeness (QED) is 0.603. The van der Waals surface area contributed by atoms with Crippen LogP contribution in [0.1, 0.15) is 19.4 Å². The van der Waals surface area contributed by atoms with E-state index in [0.717, 1.165) is 16.3 Å². The molecule has 0 unspecified atom stereocenters. The van der Waals surface area contributed by atoms with E-state index in [0.29, 0.717) is 5.69 Å². The predicted molar refractivity (Wildman–Crippen MR) is 118 cm³/mol. The summed E-state index contributed by atoms with van der Waals surface area (Å²) in [5.41, 5.74) is 1.25. The zero-order chi connectivity index (χ0) is 22.4. The van der Waals surface area contributed by atoms with Crippen LogP contribution in [0.25, 0.3) is 10.8 Å². The van der Waals surface area contributed by atoms with Crippen molar-refractivity contribution in [3.05, 3.63) is 78.4 Å². The fourth-order valence-electron chi connectivity index (χ4n) is 3.19. The number of ether oxygens (including phenoxy) is 1. The lowest BCUT2D eigenvalue weighted by Gasteiger charge is -2.29. The number of fused-ring (bicyclic) bond motifs is 1. The van der Waals surface area contributed by atoms with Crippen molar-refractivity contribution < 1.29 is 24.2 Å². The molecular formula is C24H24N2O5. The van der Waals surface area contributed by atoms with Gasteiger partial charge in [0, 0.05) is 5.69 Å². The van der Waals surface area contributed by atoms with Crippen LogP contribution in [0.15, 0.2) is 72.8 Å². The highest BCUT2D eigenvalue weighted by Gasteiger charge is 2.31. The van der Waals surface area contributed by atoms with E-state index in [4.69, 9.17) is 4.74 Å². The number of carboxylic acids is 1. The van der Waals surface area contributed by atoms with Crippen LogP contribution >= 0.6 is 0 Å². The van der Waals surface area contributed by atoms with Gasteiger partial charge >= 0.3 is 12.1 Å². The Labute approximate surface area is 180 Å². The fraction of sp³-hybridized carbons (Fsp3) is 0.208. The summed E-state index contributed by atoms with van der Waals surface area (Å²) in [5.74, 6) is -1.71. The maximum atomic E-state index is 13.1. The Kier molecular flexibility index (Phi) is 6.87. The van der Waals surface area contributed by atoms with E-state index in [2.05, 4.69) is 5.32 Å². The average Bonchev–Trinajstić information content (AvgIpc) is 2.78. The molecule has 160 valence electrons. The van der Waals surface area contributed by atoms with Gasteiger partial charge in [-0.05, 0) is 42.3 Å². The second-order valence-electron chi connectivity index (χ2n) is 7.18. The molecule has 7 heteroatoms. The zero-order valence-corrected chi connectivity index (χ0v) is 17.3. The van der Waals surface area contributed by atoms with Crippen molar-refractivity contribution in [2.45, 2.75) is 32.5 Å². The standard InChI is InChI=1S/C24H24N2O5/c1-16(25-24(30)31-15-18-8-4-3-5-9-18)22(27)26(17(2)23(28)29)21-13-12-19-10-6-7-11-20(19)14-21/h3-14,16-17H,15H2,1-2H3,(H,25,30)(H,28,29)/t16-,17-/m1/s1. The van der Waals surface area contributed by atoms with Crippen molar-refractivity contribution in [1.82, 2.24) is 5.32 Å². The van der Waals surface area contributed by atoms with Crippen LogP contribution in [0, 0.1) is 0 Å². The molecule has 0 bridgehead atoms. The first-order chi connectivity index (χ1) is 14.9. The number of rotatable bonds is 7. The van der Waals surface area contributed by atoms with Crippen LogP contribution in [-0.2, 0) is 20.9 Å². The van der Waals surface area contributed by atoms with Gasteiger partial charge in [-0.1, -0.05) is 60.7 Å². The van der Waals surface area contributed by atoms with E-state index in [1.807, 2.05) is 60.7 Å². The first-order valence-electron chi connectivity index (χ1n) is 9.88. The molecule has 0 radical (unpaired) electrons. The summed E-state index contributed by atoms with van der Waals surface area (Å²) in [7, 11) is 0. The number of nitrogens with zero attached hydrogens (tertiary/aromatic N) is 1. The normalized spacial score (nSPS) is 12.6. The summed E-state index contributed by atoms with van der Waals surface area (Å²) in [5, 5.41) is 13.9. The summed E-state index contributed by atoms with van der Waals surface area (Å²) in [6, 6.07) is 19.9. The minimum atomic E-state index is -1.15. The van der Waals surface area contributed by atoms with E-state index in [1.54, 1.807) is 12.1 Å². The molecule has 7 nitrogen and oxygen atoms in total. The highest BCUT2D eigenvalue weighted by Crippen LogP contribution is 2.24. The fourth-order valence-corrected chi connectivity index (χ4v) is 3.19. The number of alkyl carbamates (subject to hydrolysis) is 1. The Morgan fingerprint density at radius 2 is 1.58 bits per heavy atom. The Balaban J connectivity index is 1.75. The Hall–Kier alpha value is -3.87. The summed E-state index contributed by atoms with van der Waals surface area (Å²) in [6.07, 6.45) is -0.758. The van der Waals surface area contributed by atoms with Gasteiger partial charge in [0.2, 0.25) is 5.91 Å². The molecule has 0 saturated carbocycles. The summed E-state index contributed by atoms with van der Waals surface area (Å²) in [4.78, 5) is 38.1. The predicted octanol–water partition coefficient (Wildman–Crippen LogP) is 3.96. The number of nitrogens with one attached hydrogen (secondary N) is 1. The van der Waals surface area contributed by atoms with Gasteiger partial charge in [0.15, 0.2) is 0 Å². The van der Waals surface area contributed by atoms with Gasteiger partial charge in [-0.3, -0.25) is 9.69 Å². The van der Waals surface area contributed by atoms with Crippen molar-refractivity contribution in [1.29, 1.82) is 0 Å². The van der Waals surface area contributed by atoms with Crippen LogP contribution in [0.3, 0.4) is 0 Å². The molecule has 0 aromatic heterocycles. The highest BCUT2D eigenvalue weighted by molar-refractivity contribution is 6.04. The van der Waals surface area contributed by atoms with Crippen molar-refractivity contribution in [3.8, 4) is 0 Å². The molecule has 2 N–H and O–H groups in total. The number of benzene rings is 3. The summed E-state index contributed by atoms with van der Waals surface area (Å²) >= 11 is 0. The van der Waals surface area contributed by atoms with E-state index in [-0.39, 0.29) is 6.61 Å². The van der Waals surface area contributed by atoms with Gasteiger partial charge < -0.3 is 15.2 Å². The Morgan fingerprint density at radius 3 is 2.26 bits per heavy atom. The zero-order valence-electron chi connectivity index (χ0n) is 17.3. The summed E-state index contributed by atoms with van der Waals surface area (Å²) < 4.78 is 5.16. The molecule has 31 heavy (non-hydrogen) atoms. The molecule has 3 rings (SSSR count). The number of amides is 2. The molecule has 0 aliphatic rings. The maximum Gasteiger partial charge on any atom is 0.408 e. The lowest BCUT2D eigenvalue weighted by Crippen LogP contribution is -2.52. The molecule has 0 aliphatic heterocycles. The van der Waals surface area contributed by atoms with Gasteiger partial charge in [-0.2, -0.15) is 0 Å². The summed E-state index contributed by atoms with van der Waals surface area (Å²) in [6.45, 7) is 2.98. The number of anilines is 1. The molecule has 3 aromatic rings. The van der Waals surface area contributed by atoms with E-state index < -0.39 is 30.1 Å². The van der Waals surface area contributed by atoms with E-state index in [1.165, 1.54) is 18.7 Å². The number of carbonyl (C=O) groups is 3. The molecule has 2 atom stereocenters. The van der Waals surface area contributed by atoms with Crippen molar-refractivity contribution in [2.24, 2.45) is 0 Å². The molecule has 2 amide bonds. The molecule has 0 fully saturated rings. The second-order valence-corrected chi connectivity index (χ2v) is 7.18. The highest BCUT2D eigenvalue weighted by atomic mass is 16.5. The van der Waals surface area contributed by atoms with Gasteiger partial charge in [0.05, 0.1) is 0 Å². The molecule has 0 spiro atoms. The third-order valence-corrected chi connectivity index (χ3v) is 4.91. The molecule has 0 aliphatic carbocycles. The molecular weight excluding hydrogens is 396 g/mol. The lowest BCUT2D eigenvalue weighted by molar-refractivity contribution is -0.139. The smallest absolute Gasteiger partial charge is 0.408 e. The molecule has 0 saturated heterocycles. The average molecular weight is 420 g/mol. The van der Waals surface area contributed by atoms with Crippen LogP contribution in [0.4, 0.5) is 10.5 Å². The number of carbonyl (C=O) groups excluding carboxylic acids is 2. The minimum absolute atomic E-state index is 0.0630. The molecule has 3 aromatic carbocycles. The lowest BCUT2D eigenvalue weighted by atomic mass is 10.1. The first kappa shape index (κ1) is 21.8. The number of hydrogen-bond donors (Lipinski definition) is 2. The van der Waals surface area contributed by atoms with Crippen molar-refractivity contribution in [2.75, 3.05) is 4.90 Å². The van der Waals surface area contributed by atoms with Crippen LogP contribution in [0.5, 0.6) is 0 Å². The molecule has 0 heterocycles. The van der Waals surface area contributed by atoms with Gasteiger partial charge in [-0.25, -0.2) is 9.59 Å². The van der Waals surface area contributed by atoms with Gasteiger partial charge in [0.25, 0.3) is 0 Å². The third kappa shape index (κ3) is 5.39. The van der Waals surface area contributed by atoms with Gasteiger partial charge in [-0.15, -0.1) is 0 Å². The third-order valence-electron chi connectivity index (χ3n) is 4.91. The second kappa shape index (κ2) is 9.75. The number of hydrogen-bond acceptors (Lipinski definition) is 4.